The van der Waals surface area contributed by atoms with Gasteiger partial charge in [-0.3, -0.25) is 4.79 Å². The van der Waals surface area contributed by atoms with Gasteiger partial charge in [0.1, 0.15) is 12.4 Å². The summed E-state index contributed by atoms with van der Waals surface area (Å²) in [6, 6.07) is 34.6. The van der Waals surface area contributed by atoms with Crippen LogP contribution < -0.4 is 15.0 Å². The summed E-state index contributed by atoms with van der Waals surface area (Å²) in [5.74, 6) is 1.51. The third-order valence-electron chi connectivity index (χ3n) is 7.55. The van der Waals surface area contributed by atoms with Crippen LogP contribution >= 0.6 is 0 Å². The number of fused-ring (bicyclic) bond motifs is 3. The molecule has 4 heteroatoms. The van der Waals surface area contributed by atoms with Crippen molar-refractivity contribution in [2.24, 2.45) is 5.92 Å². The second-order valence-corrected chi connectivity index (χ2v) is 9.79. The maximum Gasteiger partial charge on any atom is 0.258 e. The number of rotatable bonds is 6. The van der Waals surface area contributed by atoms with Gasteiger partial charge in [0.15, 0.2) is 0 Å². The number of carbonyl (C=O) groups is 1. The highest BCUT2D eigenvalue weighted by Gasteiger charge is 2.39. The van der Waals surface area contributed by atoms with Crippen LogP contribution in [0.5, 0.6) is 5.75 Å². The Bertz CT molecular complexity index is 1430. The van der Waals surface area contributed by atoms with Crippen molar-refractivity contribution in [2.75, 3.05) is 17.3 Å². The molecule has 1 aliphatic heterocycles. The van der Waals surface area contributed by atoms with Gasteiger partial charge >= 0.3 is 0 Å². The molecule has 4 nitrogen and oxygen atoms in total. The number of allylic oxidation sites excluding steroid dienone is 2. The molecule has 0 fully saturated rings. The summed E-state index contributed by atoms with van der Waals surface area (Å²) < 4.78 is 6.32. The van der Waals surface area contributed by atoms with Gasteiger partial charge in [-0.1, -0.05) is 78.9 Å². The first-order valence-electron chi connectivity index (χ1n) is 12.8. The molecule has 1 aliphatic carbocycles. The number of ether oxygens (including phenoxy) is 1. The fraction of sp³-hybridized carbons (Fsp3) is 0.182. The molecular weight excluding hydrogens is 456 g/mol. The summed E-state index contributed by atoms with van der Waals surface area (Å²) in [5.41, 5.74) is 6.17. The molecule has 3 atom stereocenters. The highest BCUT2D eigenvalue weighted by Crippen LogP contribution is 2.51. The molecule has 1 heterocycles. The highest BCUT2D eigenvalue weighted by atomic mass is 16.5. The smallest absolute Gasteiger partial charge is 0.258 e. The predicted molar refractivity (Wildman–Crippen MR) is 149 cm³/mol. The summed E-state index contributed by atoms with van der Waals surface area (Å²) >= 11 is 0. The van der Waals surface area contributed by atoms with Gasteiger partial charge in [-0.25, -0.2) is 0 Å². The van der Waals surface area contributed by atoms with Crippen molar-refractivity contribution >= 4 is 17.3 Å². The third kappa shape index (κ3) is 4.51. The van der Waals surface area contributed by atoms with E-state index >= 15 is 0 Å². The fourth-order valence-corrected chi connectivity index (χ4v) is 5.60. The van der Waals surface area contributed by atoms with Crippen LogP contribution in [0.2, 0.25) is 0 Å². The zero-order valence-corrected chi connectivity index (χ0v) is 20.9. The molecule has 0 bridgehead atoms. The molecule has 2 aliphatic rings. The number of hydrogen-bond donors (Lipinski definition) is 1. The van der Waals surface area contributed by atoms with Gasteiger partial charge in [-0.05, 0) is 59.9 Å². The van der Waals surface area contributed by atoms with Crippen LogP contribution in [0.1, 0.15) is 45.4 Å². The van der Waals surface area contributed by atoms with Crippen molar-refractivity contribution in [3.05, 3.63) is 138 Å². The number of benzene rings is 4. The van der Waals surface area contributed by atoms with Crippen molar-refractivity contribution < 1.29 is 9.53 Å². The molecule has 0 saturated carbocycles. The Labute approximate surface area is 218 Å². The summed E-state index contributed by atoms with van der Waals surface area (Å²) in [7, 11) is 1.83. The van der Waals surface area contributed by atoms with Crippen LogP contribution in [0, 0.1) is 5.92 Å². The van der Waals surface area contributed by atoms with E-state index in [1.807, 2.05) is 67.7 Å². The van der Waals surface area contributed by atoms with Crippen molar-refractivity contribution in [3.63, 3.8) is 0 Å². The Balaban J connectivity index is 1.28. The number of nitrogens with zero attached hydrogens (tertiary/aromatic N) is 1. The predicted octanol–water partition coefficient (Wildman–Crippen LogP) is 7.37. The van der Waals surface area contributed by atoms with E-state index in [1.165, 1.54) is 11.1 Å². The Morgan fingerprint density at radius 2 is 1.62 bits per heavy atom. The van der Waals surface area contributed by atoms with Crippen LogP contribution in [0.4, 0.5) is 11.4 Å². The van der Waals surface area contributed by atoms with E-state index in [1.54, 1.807) is 4.90 Å². The van der Waals surface area contributed by atoms with Gasteiger partial charge in [-0.15, -0.1) is 0 Å². The first kappa shape index (κ1) is 23.1. The number of anilines is 2. The lowest BCUT2D eigenvalue weighted by molar-refractivity contribution is 0.0993. The van der Waals surface area contributed by atoms with E-state index in [4.69, 9.17) is 4.74 Å². The largest absolute Gasteiger partial charge is 0.489 e. The summed E-state index contributed by atoms with van der Waals surface area (Å²) in [6.45, 7) is 0.536. The average Bonchev–Trinajstić information content (AvgIpc) is 3.46. The Hall–Kier alpha value is -4.31. The lowest BCUT2D eigenvalue weighted by Crippen LogP contribution is -2.30. The van der Waals surface area contributed by atoms with E-state index in [9.17, 15) is 4.79 Å². The minimum atomic E-state index is -0.00527. The maximum atomic E-state index is 13.3. The number of para-hydroxylation sites is 2. The van der Waals surface area contributed by atoms with Gasteiger partial charge in [0.05, 0.1) is 6.04 Å². The van der Waals surface area contributed by atoms with Gasteiger partial charge in [0.2, 0.25) is 0 Å². The first-order chi connectivity index (χ1) is 18.2. The molecular formula is C33H30N2O2. The van der Waals surface area contributed by atoms with Crippen LogP contribution in [0.25, 0.3) is 0 Å². The monoisotopic (exact) mass is 486 g/mol. The lowest BCUT2D eigenvalue weighted by atomic mass is 9.76. The molecule has 0 radical (unpaired) electrons. The van der Waals surface area contributed by atoms with E-state index < -0.39 is 0 Å². The van der Waals surface area contributed by atoms with E-state index in [0.717, 1.165) is 29.1 Å². The molecule has 3 unspecified atom stereocenters. The Kier molecular flexibility index (Phi) is 6.23. The highest BCUT2D eigenvalue weighted by molar-refractivity contribution is 6.06. The van der Waals surface area contributed by atoms with Gasteiger partial charge < -0.3 is 15.0 Å². The van der Waals surface area contributed by atoms with Crippen LogP contribution in [-0.2, 0) is 6.61 Å². The van der Waals surface area contributed by atoms with Crippen molar-refractivity contribution in [3.8, 4) is 5.75 Å². The average molecular weight is 487 g/mol. The maximum absolute atomic E-state index is 13.3. The molecule has 1 N–H and O–H groups in total. The molecule has 0 spiro atoms. The molecule has 4 aromatic rings. The molecule has 0 aromatic heterocycles. The van der Waals surface area contributed by atoms with E-state index in [0.29, 0.717) is 18.1 Å². The van der Waals surface area contributed by atoms with Gasteiger partial charge in [-0.2, -0.15) is 0 Å². The molecule has 184 valence electrons. The van der Waals surface area contributed by atoms with Crippen LogP contribution in [-0.4, -0.2) is 13.0 Å². The zero-order valence-electron chi connectivity index (χ0n) is 20.9. The quantitative estimate of drug-likeness (QED) is 0.289. The van der Waals surface area contributed by atoms with Crippen LogP contribution in [0.15, 0.2) is 115 Å². The van der Waals surface area contributed by atoms with Gasteiger partial charge in [0, 0.05) is 35.5 Å². The van der Waals surface area contributed by atoms with Gasteiger partial charge in [0.25, 0.3) is 5.91 Å². The lowest BCUT2D eigenvalue weighted by Gasteiger charge is -2.38. The zero-order chi connectivity index (χ0) is 25.2. The van der Waals surface area contributed by atoms with Crippen molar-refractivity contribution in [1.29, 1.82) is 0 Å². The minimum absolute atomic E-state index is 0.00527. The first-order valence-corrected chi connectivity index (χ1v) is 12.8. The van der Waals surface area contributed by atoms with Crippen LogP contribution in [0.3, 0.4) is 0 Å². The van der Waals surface area contributed by atoms with Crippen molar-refractivity contribution in [1.82, 2.24) is 0 Å². The molecule has 37 heavy (non-hydrogen) atoms. The SMILES string of the molecule is CN(C(=O)c1ccc2c(c1)C1C=CCC1C(c1ccccc1OCc1ccccc1)N2)c1ccccc1. The number of amides is 1. The molecule has 1 amide bonds. The normalized spacial score (nSPS) is 19.4. The number of hydrogen-bond acceptors (Lipinski definition) is 3. The summed E-state index contributed by atoms with van der Waals surface area (Å²) in [6.07, 6.45) is 5.56. The molecule has 0 saturated heterocycles. The summed E-state index contributed by atoms with van der Waals surface area (Å²) in [5, 5.41) is 3.81. The van der Waals surface area contributed by atoms with E-state index in [-0.39, 0.29) is 17.9 Å². The second-order valence-electron chi connectivity index (χ2n) is 9.79. The fourth-order valence-electron chi connectivity index (χ4n) is 5.60. The Morgan fingerprint density at radius 3 is 2.43 bits per heavy atom. The number of carbonyl (C=O) groups excluding carboxylic acids is 1. The van der Waals surface area contributed by atoms with Crippen molar-refractivity contribution in [2.45, 2.75) is 25.0 Å². The van der Waals surface area contributed by atoms with E-state index in [2.05, 4.69) is 59.9 Å². The second kappa shape index (κ2) is 9.98. The topological polar surface area (TPSA) is 41.6 Å². The standard InChI is InChI=1S/C33H30N2O2/c1-35(25-13-6-3-7-14-25)33(36)24-19-20-30-29(21-24)26-16-10-17-27(26)32(34-30)28-15-8-9-18-31(28)37-22-23-11-4-2-5-12-23/h2-16,18-21,26-27,32,34H,17,22H2,1H3. The Morgan fingerprint density at radius 1 is 0.892 bits per heavy atom. The molecule has 4 aromatic carbocycles. The molecule has 6 rings (SSSR count). The summed E-state index contributed by atoms with van der Waals surface area (Å²) in [4.78, 5) is 15.0. The number of nitrogens with one attached hydrogen (secondary N) is 1. The minimum Gasteiger partial charge on any atom is -0.489 e. The third-order valence-corrected chi connectivity index (χ3v) is 7.55.